The Morgan fingerprint density at radius 3 is 0.924 bits per heavy atom. The van der Waals surface area contributed by atoms with Crippen molar-refractivity contribution in [2.45, 2.75) is 212 Å². The van der Waals surface area contributed by atoms with Crippen LogP contribution in [0.1, 0.15) is 188 Å². The zero-order valence-corrected chi connectivity index (χ0v) is 91.0. The molecule has 0 atom stereocenters. The highest BCUT2D eigenvalue weighted by molar-refractivity contribution is 7.93. The maximum Gasteiger partial charge on any atom is 0.229 e. The van der Waals surface area contributed by atoms with Crippen molar-refractivity contribution in [3.05, 3.63) is 169 Å². The molecule has 1 saturated carbocycles. The third kappa shape index (κ3) is 27.0. The number of hydrogen-bond acceptors (Lipinski definition) is 35. The van der Waals surface area contributed by atoms with Crippen LogP contribution < -0.4 is 78.0 Å². The highest BCUT2D eigenvalue weighted by Crippen LogP contribution is 2.44. The van der Waals surface area contributed by atoms with Gasteiger partial charge in [0.15, 0.2) is 23.3 Å². The third-order valence-corrected chi connectivity index (χ3v) is 35.3. The monoisotopic (exact) mass is 2140 g/mol. The number of aromatic nitrogens is 16. The molecule has 0 amide bonds. The molecule has 0 radical (unpaired) electrons. The van der Waals surface area contributed by atoms with Crippen LogP contribution in [0.5, 0.6) is 17.2 Å². The summed E-state index contributed by atoms with van der Waals surface area (Å²) in [6.45, 7) is 30.2. The number of nitrogens with one attached hydrogen (secondary N) is 12. The van der Waals surface area contributed by atoms with Gasteiger partial charge in [0.05, 0.1) is 106 Å². The van der Waals surface area contributed by atoms with E-state index in [2.05, 4.69) is 188 Å². The lowest BCUT2D eigenvalue weighted by molar-refractivity contribution is 0.300. The van der Waals surface area contributed by atoms with Crippen LogP contribution >= 0.6 is 46.4 Å². The van der Waals surface area contributed by atoms with E-state index in [9.17, 15) is 33.7 Å². The van der Waals surface area contributed by atoms with Gasteiger partial charge in [-0.05, 0) is 316 Å². The molecule has 5 aliphatic rings. The van der Waals surface area contributed by atoms with Gasteiger partial charge in [-0.15, -0.1) is 0 Å². The number of methoxy groups -OCH3 is 2. The molecule has 39 nitrogen and oxygen atoms in total. The first-order valence-corrected chi connectivity index (χ1v) is 56.1. The van der Waals surface area contributed by atoms with Gasteiger partial charge in [0.25, 0.3) is 0 Å². The number of ether oxygens (including phenoxy) is 3. The summed E-state index contributed by atoms with van der Waals surface area (Å²) in [5, 5.41) is 53.6. The van der Waals surface area contributed by atoms with Crippen LogP contribution in [0.3, 0.4) is 0 Å². The second-order valence-electron chi connectivity index (χ2n) is 38.0. The smallest absolute Gasteiger partial charge is 0.229 e. The van der Waals surface area contributed by atoms with Crippen LogP contribution in [0.15, 0.2) is 124 Å². The third-order valence-electron chi connectivity index (χ3n) is 25.8. The van der Waals surface area contributed by atoms with Crippen LogP contribution in [-0.2, 0) is 67.5 Å². The fourth-order valence-electron chi connectivity index (χ4n) is 17.3. The molecule has 8 aromatic heterocycles. The lowest BCUT2D eigenvalue weighted by Crippen LogP contribution is -2.27. The Morgan fingerprint density at radius 1 is 0.338 bits per heavy atom. The number of hydrogen-bond donors (Lipinski definition) is 12. The minimum atomic E-state index is -3.63. The number of sulfone groups is 4. The topological polar surface area (TPSA) is 483 Å². The Bertz CT molecular complexity index is 7100. The molecular formula is C98H130Cl4N28O11S4. The number of benzene rings is 4. The van der Waals surface area contributed by atoms with Gasteiger partial charge in [-0.3, -0.25) is 18.7 Å². The molecule has 47 heteroatoms. The molecule has 145 heavy (non-hydrogen) atoms. The number of rotatable bonds is 33. The number of anilines is 16. The molecule has 0 unspecified atom stereocenters. The van der Waals surface area contributed by atoms with Gasteiger partial charge in [0.1, 0.15) is 37.3 Å². The summed E-state index contributed by atoms with van der Waals surface area (Å²) in [5.74, 6) is 7.13. The van der Waals surface area contributed by atoms with E-state index in [1.54, 1.807) is 123 Å². The molecule has 780 valence electrons. The molecule has 1 aliphatic carbocycles. The quantitative estimate of drug-likeness (QED) is 0.0182. The van der Waals surface area contributed by atoms with Crippen LogP contribution in [0, 0.1) is 33.6 Å². The van der Waals surface area contributed by atoms with Gasteiger partial charge in [0.2, 0.25) is 83.2 Å². The summed E-state index contributed by atoms with van der Waals surface area (Å²) in [6.07, 6.45) is 23.5. The van der Waals surface area contributed by atoms with Gasteiger partial charge in [0, 0.05) is 58.7 Å². The molecule has 4 aliphatic heterocycles. The molecule has 12 N–H and O–H groups in total. The Morgan fingerprint density at radius 2 is 0.614 bits per heavy atom. The number of aryl methyl sites for hydroxylation is 8. The van der Waals surface area contributed by atoms with E-state index in [0.29, 0.717) is 76.7 Å². The maximum atomic E-state index is 12.9. The lowest BCUT2D eigenvalue weighted by atomic mass is 9.86. The van der Waals surface area contributed by atoms with Crippen molar-refractivity contribution in [1.82, 2.24) is 100 Å². The van der Waals surface area contributed by atoms with E-state index in [-0.39, 0.29) is 86.7 Å². The summed E-state index contributed by atoms with van der Waals surface area (Å²) in [7, 11) is -4.57. The van der Waals surface area contributed by atoms with Gasteiger partial charge < -0.3 is 78.0 Å². The first kappa shape index (κ1) is 109. The molecule has 12 heterocycles. The number of piperidine rings is 4. The van der Waals surface area contributed by atoms with E-state index >= 15 is 0 Å². The highest BCUT2D eigenvalue weighted by atomic mass is 35.5. The van der Waals surface area contributed by atoms with Crippen LogP contribution in [0.4, 0.5) is 92.6 Å². The van der Waals surface area contributed by atoms with Crippen molar-refractivity contribution in [1.29, 1.82) is 0 Å². The van der Waals surface area contributed by atoms with Gasteiger partial charge in [-0.1, -0.05) is 58.5 Å². The minimum absolute atomic E-state index is 0.0424. The summed E-state index contributed by atoms with van der Waals surface area (Å²) >= 11 is 25.5. The summed E-state index contributed by atoms with van der Waals surface area (Å²) in [4.78, 5) is 35.3. The van der Waals surface area contributed by atoms with Gasteiger partial charge in [-0.2, -0.15) is 40.3 Å². The minimum Gasteiger partial charge on any atom is -0.495 e. The van der Waals surface area contributed by atoms with Gasteiger partial charge in [-0.25, -0.2) is 53.6 Å². The van der Waals surface area contributed by atoms with Crippen LogP contribution in [-0.4, -0.2) is 207 Å². The Labute approximate surface area is 868 Å². The highest BCUT2D eigenvalue weighted by Gasteiger charge is 2.35. The molecule has 12 aromatic rings. The second-order valence-corrected chi connectivity index (χ2v) is 49.3. The predicted octanol–water partition coefficient (Wildman–Crippen LogP) is 18.0. The fraction of sp³-hybridized carbons (Fsp3) is 0.469. The van der Waals surface area contributed by atoms with E-state index in [0.717, 1.165) is 138 Å². The van der Waals surface area contributed by atoms with Crippen molar-refractivity contribution in [2.75, 3.05) is 116 Å². The first-order valence-electron chi connectivity index (χ1n) is 48.4. The summed E-state index contributed by atoms with van der Waals surface area (Å²) < 4.78 is 126. The molecule has 0 spiro atoms. The van der Waals surface area contributed by atoms with Crippen molar-refractivity contribution in [2.24, 2.45) is 34.1 Å². The normalized spacial score (nSPS) is 15.3. The van der Waals surface area contributed by atoms with Crippen molar-refractivity contribution >= 4 is 178 Å². The van der Waals surface area contributed by atoms with Crippen LogP contribution in [0.2, 0.25) is 20.1 Å². The summed E-state index contributed by atoms with van der Waals surface area (Å²) in [6, 6.07) is 18.9. The molecule has 17 rings (SSSR count). The van der Waals surface area contributed by atoms with Crippen molar-refractivity contribution < 1.29 is 47.9 Å². The lowest BCUT2D eigenvalue weighted by Gasteiger charge is -2.26. The summed E-state index contributed by atoms with van der Waals surface area (Å²) in [5.41, 5.74) is 14.3. The molecule has 4 aromatic carbocycles. The van der Waals surface area contributed by atoms with E-state index < -0.39 is 60.3 Å². The average Bonchev–Trinajstić information content (AvgIpc) is 1.29. The number of halogens is 4. The Kier molecular flexibility index (Phi) is 35.9. The maximum absolute atomic E-state index is 12.9. The van der Waals surface area contributed by atoms with E-state index in [1.807, 2.05) is 18.2 Å². The van der Waals surface area contributed by atoms with E-state index in [1.165, 1.54) is 89.7 Å². The molecular weight excluding hydrogens is 2020 g/mol. The standard InChI is InChI=1S/C27H36ClN7O3S.C24H32ClN7O3S.C24H32ClN7O2S.C23H30ClN7O3S/c1-16(2)39(36,37)26-23(14-35(4)34-26)31-25-21(28)13-30-27(33-25)32-22-11-17(3)20(19-7-9-29-10-8-19)12-24(22)38-15-18-5-6-18;1-14(2)36(33,34)23-20(13-32(4)31-23)28-22-18(25)12-27-24(30-22)29-19-10-15(3)17(11-21(19)35-5)16-6-8-26-9-7-16;1-14(2)35(33,34)23-21(13-32(5)31-23)28-22-19(25)12-27-24(30-22)29-20-11-15(3)18(10-16(20)4)17-6-8-26-9-7-17;1-14(2)35(32,33)22-19(13-31(3)30-22)27-21-17(24)12-26-23(29-21)28-18-6-5-16(11-20(18)34-4)15-7-9-25-10-8-15/h11-14,16,18-19,29H,5-10,15H2,1-4H3,(H2,30,31,32,33);10-14,16,26H,6-9H2,1-5H3,(H2,27,28,29,30);10-14,17,26H,6-9H2,1-5H3,(H2,27,28,29,30);5-6,11-15,25H,7-10H2,1-4H3,(H2,26,27,28,29). The van der Waals surface area contributed by atoms with Gasteiger partial charge >= 0.3 is 0 Å². The Hall–Kier alpha value is -11.4. The average molecular weight is 2150 g/mol. The SMILES string of the molecule is COc1cc(C2CCNCC2)c(C)cc1Nc1ncc(Cl)c(Nc2cn(C)nc2S(=O)(=O)C(C)C)n1.COc1cc(C2CCNCC2)ccc1Nc1ncc(Cl)c(Nc2cn(C)nc2S(=O)(=O)C(C)C)n1.Cc1cc(C2CCNCC2)c(C)cc1Nc1ncc(Cl)c(Nc2cn(C)nc2S(=O)(=O)C(C)C)n1.Cc1cc(Nc2ncc(Cl)c(Nc3cn(C)nc3S(=O)(=O)C(C)C)n2)c(OCC2CC2)cc1C1CCNCC1. The predicted molar refractivity (Wildman–Crippen MR) is 572 cm³/mol. The largest absolute Gasteiger partial charge is 0.495 e. The molecule has 5 fully saturated rings. The van der Waals surface area contributed by atoms with Crippen molar-refractivity contribution in [3.63, 3.8) is 0 Å². The van der Waals surface area contributed by atoms with Crippen molar-refractivity contribution in [3.8, 4) is 17.2 Å². The van der Waals surface area contributed by atoms with Crippen LogP contribution in [0.25, 0.3) is 0 Å². The van der Waals surface area contributed by atoms with E-state index in [4.69, 9.17) is 60.6 Å². The first-order chi connectivity index (χ1) is 68.9. The zero-order chi connectivity index (χ0) is 104. The fourth-order valence-corrected chi connectivity index (χ4v) is 22.2. The molecule has 0 bridgehead atoms. The second kappa shape index (κ2) is 47.6. The number of nitrogens with zero attached hydrogens (tertiary/aromatic N) is 16. The Balaban J connectivity index is 0.000000153. The molecule has 4 saturated heterocycles. The zero-order valence-electron chi connectivity index (χ0n) is 84.7.